The second-order valence-electron chi connectivity index (χ2n) is 5.64. The number of aliphatic hydroxyl groups is 1. The molecule has 2 atom stereocenters. The van der Waals surface area contributed by atoms with Crippen LogP contribution in [0.3, 0.4) is 0 Å². The molecule has 3 heterocycles. The minimum atomic E-state index is -0.510. The molecule has 1 aromatic heterocycles. The number of aryl methyl sites for hydroxylation is 1. The summed E-state index contributed by atoms with van der Waals surface area (Å²) in [5, 5.41) is 14.2. The summed E-state index contributed by atoms with van der Waals surface area (Å²) >= 11 is 0. The molecule has 6 heteroatoms. The number of amides is 1. The molecule has 0 unspecified atom stereocenters. The molecule has 1 fully saturated rings. The molecule has 1 aromatic rings. The molecule has 0 aromatic carbocycles. The maximum atomic E-state index is 12.6. The van der Waals surface area contributed by atoms with Gasteiger partial charge in [0.1, 0.15) is 0 Å². The quantitative estimate of drug-likeness (QED) is 0.853. The van der Waals surface area contributed by atoms with Gasteiger partial charge in [-0.15, -0.1) is 0 Å². The Morgan fingerprint density at radius 3 is 3.10 bits per heavy atom. The Morgan fingerprint density at radius 2 is 2.30 bits per heavy atom. The Balaban J connectivity index is 1.80. The zero-order chi connectivity index (χ0) is 14.1. The molecule has 0 radical (unpaired) electrons. The first kappa shape index (κ1) is 13.6. The molecule has 3 rings (SSSR count). The van der Waals surface area contributed by atoms with Crippen molar-refractivity contribution in [1.82, 2.24) is 14.7 Å². The Bertz CT molecular complexity index is 500. The number of aromatic nitrogens is 2. The fourth-order valence-electron chi connectivity index (χ4n) is 3.13. The highest BCUT2D eigenvalue weighted by Gasteiger charge is 2.31. The van der Waals surface area contributed by atoms with Gasteiger partial charge in [0.2, 0.25) is 0 Å². The number of methoxy groups -OCH3 is 1. The molecule has 0 aliphatic carbocycles. The molecule has 0 saturated carbocycles. The topological polar surface area (TPSA) is 67.6 Å². The van der Waals surface area contributed by atoms with E-state index in [9.17, 15) is 9.90 Å². The Hall–Kier alpha value is -1.40. The minimum Gasteiger partial charge on any atom is -0.391 e. The third-order valence-electron chi connectivity index (χ3n) is 4.22. The van der Waals surface area contributed by atoms with Crippen molar-refractivity contribution in [3.05, 3.63) is 17.5 Å². The highest BCUT2D eigenvalue weighted by Crippen LogP contribution is 2.22. The minimum absolute atomic E-state index is 0.0334. The van der Waals surface area contributed by atoms with E-state index < -0.39 is 6.10 Å². The van der Waals surface area contributed by atoms with Crippen LogP contribution in [-0.4, -0.2) is 58.1 Å². The number of nitrogens with zero attached hydrogens (tertiary/aromatic N) is 3. The van der Waals surface area contributed by atoms with E-state index in [0.29, 0.717) is 25.1 Å². The number of aliphatic hydroxyl groups excluding tert-OH is 1. The third kappa shape index (κ3) is 2.45. The number of carbonyl (C=O) groups is 1. The van der Waals surface area contributed by atoms with Gasteiger partial charge in [0.05, 0.1) is 29.7 Å². The molecular weight excluding hydrogens is 258 g/mol. The van der Waals surface area contributed by atoms with E-state index >= 15 is 0 Å². The molecule has 1 amide bonds. The number of hydrogen-bond donors (Lipinski definition) is 1. The lowest BCUT2D eigenvalue weighted by Crippen LogP contribution is -2.49. The van der Waals surface area contributed by atoms with Gasteiger partial charge < -0.3 is 14.7 Å². The second-order valence-corrected chi connectivity index (χ2v) is 5.64. The number of likely N-dealkylation sites (tertiary alicyclic amines) is 1. The van der Waals surface area contributed by atoms with Crippen LogP contribution in [0.15, 0.2) is 6.20 Å². The van der Waals surface area contributed by atoms with Gasteiger partial charge in [-0.25, -0.2) is 0 Å². The molecule has 1 saturated heterocycles. The van der Waals surface area contributed by atoms with Crippen molar-refractivity contribution in [2.45, 2.75) is 44.4 Å². The van der Waals surface area contributed by atoms with Crippen molar-refractivity contribution in [3.63, 3.8) is 0 Å². The van der Waals surface area contributed by atoms with Crippen molar-refractivity contribution in [1.29, 1.82) is 0 Å². The van der Waals surface area contributed by atoms with E-state index in [2.05, 4.69) is 5.10 Å². The number of ether oxygens (including phenoxy) is 1. The summed E-state index contributed by atoms with van der Waals surface area (Å²) in [6.07, 6.45) is 4.80. The van der Waals surface area contributed by atoms with E-state index in [4.69, 9.17) is 4.74 Å². The number of carbonyl (C=O) groups excluding carboxylic acids is 1. The van der Waals surface area contributed by atoms with Crippen LogP contribution in [0.2, 0.25) is 0 Å². The average Bonchev–Trinajstić information content (AvgIpc) is 2.89. The first-order valence-corrected chi connectivity index (χ1v) is 7.24. The van der Waals surface area contributed by atoms with Gasteiger partial charge in [0.25, 0.3) is 5.91 Å². The van der Waals surface area contributed by atoms with E-state index in [0.717, 1.165) is 31.5 Å². The van der Waals surface area contributed by atoms with Gasteiger partial charge in [-0.1, -0.05) is 0 Å². The predicted octanol–water partition coefficient (Wildman–Crippen LogP) is 0.441. The first-order chi connectivity index (χ1) is 9.69. The summed E-state index contributed by atoms with van der Waals surface area (Å²) in [6.45, 7) is 1.81. The Morgan fingerprint density at radius 1 is 1.45 bits per heavy atom. The van der Waals surface area contributed by atoms with Gasteiger partial charge in [0.15, 0.2) is 0 Å². The standard InChI is InChI=1S/C14H21N3O3/c1-20-11-6-10(18)8-16(9-11)14(19)12-7-15-17-5-3-2-4-13(12)17/h7,10-11,18H,2-6,8-9H2,1H3/t10-,11-/m0/s1. The molecule has 6 nitrogen and oxygen atoms in total. The van der Waals surface area contributed by atoms with Gasteiger partial charge >= 0.3 is 0 Å². The van der Waals surface area contributed by atoms with Gasteiger partial charge in [-0.3, -0.25) is 9.48 Å². The number of fused-ring (bicyclic) bond motifs is 1. The summed E-state index contributed by atoms with van der Waals surface area (Å²) in [4.78, 5) is 14.3. The number of rotatable bonds is 2. The Kier molecular flexibility index (Phi) is 3.76. The van der Waals surface area contributed by atoms with Crippen molar-refractivity contribution in [2.24, 2.45) is 0 Å². The number of piperidine rings is 1. The van der Waals surface area contributed by atoms with Gasteiger partial charge in [-0.05, 0) is 19.3 Å². The van der Waals surface area contributed by atoms with Crippen LogP contribution in [0.25, 0.3) is 0 Å². The first-order valence-electron chi connectivity index (χ1n) is 7.24. The van der Waals surface area contributed by atoms with Crippen LogP contribution in [0.1, 0.15) is 35.3 Å². The summed E-state index contributed by atoms with van der Waals surface area (Å²) in [5.41, 5.74) is 1.73. The van der Waals surface area contributed by atoms with E-state index in [1.54, 1.807) is 18.2 Å². The summed E-state index contributed by atoms with van der Waals surface area (Å²) < 4.78 is 7.23. The number of hydrogen-bond acceptors (Lipinski definition) is 4. The zero-order valence-electron chi connectivity index (χ0n) is 11.8. The summed E-state index contributed by atoms with van der Waals surface area (Å²) in [7, 11) is 1.62. The normalized spacial score (nSPS) is 26.4. The van der Waals surface area contributed by atoms with Crippen LogP contribution in [0.4, 0.5) is 0 Å². The second kappa shape index (κ2) is 5.54. The maximum absolute atomic E-state index is 12.6. The zero-order valence-corrected chi connectivity index (χ0v) is 11.8. The SMILES string of the molecule is CO[C@H]1C[C@H](O)CN(C(=O)c2cnn3c2CCCC3)C1. The van der Waals surface area contributed by atoms with Crippen molar-refractivity contribution in [3.8, 4) is 0 Å². The van der Waals surface area contributed by atoms with Crippen LogP contribution in [0.5, 0.6) is 0 Å². The maximum Gasteiger partial charge on any atom is 0.257 e. The lowest BCUT2D eigenvalue weighted by Gasteiger charge is -2.35. The average molecular weight is 279 g/mol. The van der Waals surface area contributed by atoms with Gasteiger partial charge in [-0.2, -0.15) is 5.10 Å². The van der Waals surface area contributed by atoms with Crippen LogP contribution < -0.4 is 0 Å². The van der Waals surface area contributed by atoms with Crippen molar-refractivity contribution in [2.75, 3.05) is 20.2 Å². The van der Waals surface area contributed by atoms with Crippen molar-refractivity contribution < 1.29 is 14.6 Å². The van der Waals surface area contributed by atoms with Crippen LogP contribution >= 0.6 is 0 Å². The molecule has 2 aliphatic heterocycles. The Labute approximate surface area is 118 Å². The lowest BCUT2D eigenvalue weighted by molar-refractivity contribution is -0.0225. The largest absolute Gasteiger partial charge is 0.391 e. The molecule has 1 N–H and O–H groups in total. The number of β-amino-alcohol motifs (C(OH)–C–C–N with tert-alkyl or cyclic N) is 1. The molecule has 110 valence electrons. The molecular formula is C14H21N3O3. The fraction of sp³-hybridized carbons (Fsp3) is 0.714. The highest BCUT2D eigenvalue weighted by atomic mass is 16.5. The molecule has 0 bridgehead atoms. The third-order valence-corrected chi connectivity index (χ3v) is 4.22. The van der Waals surface area contributed by atoms with Crippen LogP contribution in [0, 0.1) is 0 Å². The fourth-order valence-corrected chi connectivity index (χ4v) is 3.13. The smallest absolute Gasteiger partial charge is 0.257 e. The van der Waals surface area contributed by atoms with E-state index in [1.807, 2.05) is 4.68 Å². The monoisotopic (exact) mass is 279 g/mol. The van der Waals surface area contributed by atoms with Gasteiger partial charge in [0, 0.05) is 33.2 Å². The molecule has 20 heavy (non-hydrogen) atoms. The van der Waals surface area contributed by atoms with Crippen molar-refractivity contribution >= 4 is 5.91 Å². The molecule has 0 spiro atoms. The molecule has 2 aliphatic rings. The van der Waals surface area contributed by atoms with Crippen LogP contribution in [-0.2, 0) is 17.7 Å². The van der Waals surface area contributed by atoms with E-state index in [1.165, 1.54) is 0 Å². The predicted molar refractivity (Wildman–Crippen MR) is 72.5 cm³/mol. The summed E-state index contributed by atoms with van der Waals surface area (Å²) in [6, 6.07) is 0. The van der Waals surface area contributed by atoms with E-state index in [-0.39, 0.29) is 12.0 Å². The summed E-state index contributed by atoms with van der Waals surface area (Å²) in [5.74, 6) is -0.0334. The lowest BCUT2D eigenvalue weighted by atomic mass is 10.0. The highest BCUT2D eigenvalue weighted by molar-refractivity contribution is 5.95.